The van der Waals surface area contributed by atoms with Gasteiger partial charge in [-0.25, -0.2) is 4.39 Å². The lowest BCUT2D eigenvalue weighted by Gasteiger charge is -2.40. The Morgan fingerprint density at radius 2 is 1.92 bits per heavy atom. The molecule has 0 unspecified atom stereocenters. The SMILES string of the molecule is N[C@@H](CC(=O)N1CCC(N2CCCCC2=O)CC1)Cc1ccccc1F. The fourth-order valence-corrected chi connectivity index (χ4v) is 4.01. The first-order valence-electron chi connectivity index (χ1n) is 9.61. The van der Waals surface area contributed by atoms with Gasteiger partial charge in [-0.3, -0.25) is 9.59 Å². The van der Waals surface area contributed by atoms with E-state index >= 15 is 0 Å². The second-order valence-corrected chi connectivity index (χ2v) is 7.42. The molecule has 2 N–H and O–H groups in total. The predicted molar refractivity (Wildman–Crippen MR) is 97.9 cm³/mol. The Hall–Kier alpha value is -1.95. The first kappa shape index (κ1) is 18.8. The van der Waals surface area contributed by atoms with Crippen LogP contribution in [0.1, 0.15) is 44.1 Å². The van der Waals surface area contributed by atoms with Crippen molar-refractivity contribution in [3.05, 3.63) is 35.6 Å². The molecule has 0 radical (unpaired) electrons. The number of carbonyl (C=O) groups excluding carboxylic acids is 2. The maximum atomic E-state index is 13.7. The molecular formula is C20H28FN3O2. The highest BCUT2D eigenvalue weighted by Gasteiger charge is 2.31. The highest BCUT2D eigenvalue weighted by atomic mass is 19.1. The molecule has 0 bridgehead atoms. The first-order valence-corrected chi connectivity index (χ1v) is 9.61. The van der Waals surface area contributed by atoms with Crippen molar-refractivity contribution in [3.8, 4) is 0 Å². The number of benzene rings is 1. The second kappa shape index (κ2) is 8.62. The minimum atomic E-state index is -0.388. The number of nitrogens with zero attached hydrogens (tertiary/aromatic N) is 2. The zero-order valence-corrected chi connectivity index (χ0v) is 15.2. The number of hydrogen-bond acceptors (Lipinski definition) is 3. The molecule has 2 aliphatic rings. The Morgan fingerprint density at radius 1 is 1.19 bits per heavy atom. The average molecular weight is 361 g/mol. The Labute approximate surface area is 154 Å². The quantitative estimate of drug-likeness (QED) is 0.873. The van der Waals surface area contributed by atoms with Gasteiger partial charge in [0.25, 0.3) is 0 Å². The molecule has 26 heavy (non-hydrogen) atoms. The number of piperidine rings is 2. The summed E-state index contributed by atoms with van der Waals surface area (Å²) in [7, 11) is 0. The molecule has 2 saturated heterocycles. The summed E-state index contributed by atoms with van der Waals surface area (Å²) in [5.74, 6) is 0.00704. The molecule has 3 rings (SSSR count). The highest BCUT2D eigenvalue weighted by Crippen LogP contribution is 2.22. The van der Waals surface area contributed by atoms with E-state index in [1.54, 1.807) is 18.2 Å². The fourth-order valence-electron chi connectivity index (χ4n) is 4.01. The van der Waals surface area contributed by atoms with Crippen LogP contribution in [0.4, 0.5) is 4.39 Å². The third kappa shape index (κ3) is 4.61. The summed E-state index contributed by atoms with van der Waals surface area (Å²) in [5.41, 5.74) is 6.63. The fraction of sp³-hybridized carbons (Fsp3) is 0.600. The van der Waals surface area contributed by atoms with Gasteiger partial charge in [0.05, 0.1) is 0 Å². The second-order valence-electron chi connectivity index (χ2n) is 7.42. The smallest absolute Gasteiger partial charge is 0.224 e. The van der Waals surface area contributed by atoms with Gasteiger partial charge in [0, 0.05) is 44.6 Å². The lowest BCUT2D eigenvalue weighted by atomic mass is 9.98. The Bertz CT molecular complexity index is 644. The van der Waals surface area contributed by atoms with Gasteiger partial charge < -0.3 is 15.5 Å². The molecule has 0 saturated carbocycles. The zero-order valence-electron chi connectivity index (χ0n) is 15.2. The Balaban J connectivity index is 1.46. The van der Waals surface area contributed by atoms with Crippen LogP contribution in [-0.4, -0.2) is 53.3 Å². The van der Waals surface area contributed by atoms with E-state index in [0.717, 1.165) is 32.2 Å². The lowest BCUT2D eigenvalue weighted by molar-refractivity contribution is -0.138. The molecule has 2 fully saturated rings. The lowest BCUT2D eigenvalue weighted by Crippen LogP contribution is -2.50. The van der Waals surface area contributed by atoms with Crippen LogP contribution >= 0.6 is 0 Å². The van der Waals surface area contributed by atoms with Crippen molar-refractivity contribution in [1.29, 1.82) is 0 Å². The maximum Gasteiger partial charge on any atom is 0.224 e. The average Bonchev–Trinajstić information content (AvgIpc) is 2.64. The molecule has 1 aromatic carbocycles. The third-order valence-electron chi connectivity index (χ3n) is 5.49. The number of nitrogens with two attached hydrogens (primary N) is 1. The predicted octanol–water partition coefficient (Wildman–Crippen LogP) is 2.09. The van der Waals surface area contributed by atoms with E-state index < -0.39 is 0 Å². The standard InChI is InChI=1S/C20H28FN3O2/c21-18-6-2-1-5-15(18)13-16(22)14-20(26)23-11-8-17(9-12-23)24-10-4-3-7-19(24)25/h1-2,5-6,16-17H,3-4,7-14,22H2/t16-/m1/s1. The molecular weight excluding hydrogens is 333 g/mol. The molecule has 1 aromatic rings. The Morgan fingerprint density at radius 3 is 2.62 bits per heavy atom. The highest BCUT2D eigenvalue weighted by molar-refractivity contribution is 5.78. The molecule has 2 aliphatic heterocycles. The number of hydrogen-bond donors (Lipinski definition) is 1. The van der Waals surface area contributed by atoms with Crippen molar-refractivity contribution in [2.45, 2.75) is 57.0 Å². The van der Waals surface area contributed by atoms with Crippen molar-refractivity contribution in [3.63, 3.8) is 0 Å². The summed E-state index contributed by atoms with van der Waals surface area (Å²) in [6, 6.07) is 6.42. The van der Waals surface area contributed by atoms with Crippen LogP contribution in [0.25, 0.3) is 0 Å². The van der Waals surface area contributed by atoms with Gasteiger partial charge in [-0.2, -0.15) is 0 Å². The van der Waals surface area contributed by atoms with Gasteiger partial charge in [0.1, 0.15) is 5.82 Å². The monoisotopic (exact) mass is 361 g/mol. The largest absolute Gasteiger partial charge is 0.342 e. The first-order chi connectivity index (χ1) is 12.5. The Kier molecular flexibility index (Phi) is 6.25. The van der Waals surface area contributed by atoms with Crippen LogP contribution in [0.2, 0.25) is 0 Å². The topological polar surface area (TPSA) is 66.6 Å². The van der Waals surface area contributed by atoms with Gasteiger partial charge in [0.15, 0.2) is 0 Å². The van der Waals surface area contributed by atoms with Crippen molar-refractivity contribution in [2.75, 3.05) is 19.6 Å². The molecule has 0 aromatic heterocycles. The summed E-state index contributed by atoms with van der Waals surface area (Å²) in [6.07, 6.45) is 4.98. The molecule has 6 heteroatoms. The maximum absolute atomic E-state index is 13.7. The third-order valence-corrected chi connectivity index (χ3v) is 5.49. The molecule has 1 atom stereocenters. The van der Waals surface area contributed by atoms with E-state index in [9.17, 15) is 14.0 Å². The van der Waals surface area contributed by atoms with Gasteiger partial charge in [-0.1, -0.05) is 18.2 Å². The normalized spacial score (nSPS) is 20.3. The van der Waals surface area contributed by atoms with E-state index in [-0.39, 0.29) is 36.1 Å². The van der Waals surface area contributed by atoms with E-state index in [1.165, 1.54) is 6.07 Å². The number of carbonyl (C=O) groups is 2. The van der Waals surface area contributed by atoms with Crippen LogP contribution < -0.4 is 5.73 Å². The summed E-state index contributed by atoms with van der Waals surface area (Å²) < 4.78 is 13.7. The van der Waals surface area contributed by atoms with E-state index in [4.69, 9.17) is 5.73 Å². The van der Waals surface area contributed by atoms with Crippen molar-refractivity contribution < 1.29 is 14.0 Å². The van der Waals surface area contributed by atoms with Crippen LogP contribution in [0.3, 0.4) is 0 Å². The minimum Gasteiger partial charge on any atom is -0.342 e. The summed E-state index contributed by atoms with van der Waals surface area (Å²) in [5, 5.41) is 0. The molecule has 142 valence electrons. The summed E-state index contributed by atoms with van der Waals surface area (Å²) in [6.45, 7) is 2.18. The molecule has 2 heterocycles. The number of likely N-dealkylation sites (tertiary alicyclic amines) is 2. The van der Waals surface area contributed by atoms with Crippen LogP contribution in [0.5, 0.6) is 0 Å². The minimum absolute atomic E-state index is 0.0252. The molecule has 2 amide bonds. The van der Waals surface area contributed by atoms with E-state index in [2.05, 4.69) is 0 Å². The van der Waals surface area contributed by atoms with Gasteiger partial charge in [-0.15, -0.1) is 0 Å². The van der Waals surface area contributed by atoms with Gasteiger partial charge in [0.2, 0.25) is 11.8 Å². The van der Waals surface area contributed by atoms with E-state index in [0.29, 0.717) is 31.5 Å². The number of amides is 2. The van der Waals surface area contributed by atoms with Crippen LogP contribution in [0.15, 0.2) is 24.3 Å². The zero-order chi connectivity index (χ0) is 18.5. The van der Waals surface area contributed by atoms with Crippen LogP contribution in [0, 0.1) is 5.82 Å². The van der Waals surface area contributed by atoms with Crippen LogP contribution in [-0.2, 0) is 16.0 Å². The van der Waals surface area contributed by atoms with Crippen molar-refractivity contribution in [2.24, 2.45) is 5.73 Å². The summed E-state index contributed by atoms with van der Waals surface area (Å²) >= 11 is 0. The van der Waals surface area contributed by atoms with E-state index in [1.807, 2.05) is 9.80 Å². The van der Waals surface area contributed by atoms with Gasteiger partial charge in [-0.05, 0) is 43.7 Å². The number of halogens is 1. The molecule has 0 aliphatic carbocycles. The summed E-state index contributed by atoms with van der Waals surface area (Å²) in [4.78, 5) is 28.4. The van der Waals surface area contributed by atoms with Crippen molar-refractivity contribution in [1.82, 2.24) is 9.80 Å². The van der Waals surface area contributed by atoms with Crippen molar-refractivity contribution >= 4 is 11.8 Å². The molecule has 5 nitrogen and oxygen atoms in total. The number of rotatable bonds is 5. The molecule has 0 spiro atoms. The van der Waals surface area contributed by atoms with Gasteiger partial charge >= 0.3 is 0 Å².